The number of nitrogens with one attached hydrogen (secondary N) is 1. The van der Waals surface area contributed by atoms with Crippen LogP contribution in [0.5, 0.6) is 0 Å². The van der Waals surface area contributed by atoms with Crippen LogP contribution in [0.2, 0.25) is 0 Å². The van der Waals surface area contributed by atoms with Crippen molar-refractivity contribution in [2.24, 2.45) is 5.92 Å². The van der Waals surface area contributed by atoms with Crippen LogP contribution >= 0.6 is 0 Å². The molecule has 0 bridgehead atoms. The molecule has 1 N–H and O–H groups in total. The van der Waals surface area contributed by atoms with E-state index in [4.69, 9.17) is 0 Å². The van der Waals surface area contributed by atoms with Gasteiger partial charge in [-0.3, -0.25) is 0 Å². The van der Waals surface area contributed by atoms with Crippen molar-refractivity contribution in [3.63, 3.8) is 0 Å². The van der Waals surface area contributed by atoms with Crippen LogP contribution in [-0.4, -0.2) is 21.5 Å². The smallest absolute Gasteiger partial charge is 0.100 e. The molecule has 0 saturated heterocycles. The predicted molar refractivity (Wildman–Crippen MR) is 81.8 cm³/mol. The quantitative estimate of drug-likeness (QED) is 0.840. The lowest BCUT2D eigenvalue weighted by Gasteiger charge is -2.22. The largest absolute Gasteiger partial charge is 0.308 e. The molecule has 4 nitrogen and oxygen atoms in total. The molecule has 2 rings (SSSR count). The minimum absolute atomic E-state index is 0.275. The van der Waals surface area contributed by atoms with Crippen LogP contribution in [0.4, 0.5) is 0 Å². The molecule has 108 valence electrons. The summed E-state index contributed by atoms with van der Waals surface area (Å²) in [6.07, 6.45) is 4.13. The number of aromatic nitrogens is 3. The van der Waals surface area contributed by atoms with Crippen molar-refractivity contribution in [1.29, 1.82) is 0 Å². The molecule has 1 aromatic carbocycles. The van der Waals surface area contributed by atoms with Gasteiger partial charge in [-0.15, -0.1) is 0 Å². The van der Waals surface area contributed by atoms with Crippen molar-refractivity contribution in [3.8, 4) is 5.69 Å². The number of benzene rings is 1. The van der Waals surface area contributed by atoms with Gasteiger partial charge in [0.2, 0.25) is 0 Å². The first kappa shape index (κ1) is 14.7. The number of para-hydroxylation sites is 1. The van der Waals surface area contributed by atoms with Crippen molar-refractivity contribution in [3.05, 3.63) is 42.2 Å². The molecule has 0 aliphatic rings. The second kappa shape index (κ2) is 7.20. The van der Waals surface area contributed by atoms with Crippen molar-refractivity contribution in [2.75, 3.05) is 6.54 Å². The Hall–Kier alpha value is -1.68. The lowest BCUT2D eigenvalue weighted by atomic mass is 9.97. The van der Waals surface area contributed by atoms with E-state index < -0.39 is 0 Å². The normalized spacial score (nSPS) is 14.2. The van der Waals surface area contributed by atoms with E-state index >= 15 is 0 Å². The molecule has 0 amide bonds. The Balaban J connectivity index is 2.20. The van der Waals surface area contributed by atoms with Gasteiger partial charge in [0, 0.05) is 0 Å². The van der Waals surface area contributed by atoms with Crippen LogP contribution in [0.3, 0.4) is 0 Å². The molecule has 2 atom stereocenters. The highest BCUT2D eigenvalue weighted by molar-refractivity contribution is 5.28. The predicted octanol–water partition coefficient (Wildman–Crippen LogP) is 3.35. The summed E-state index contributed by atoms with van der Waals surface area (Å²) in [6, 6.07) is 10.3. The maximum absolute atomic E-state index is 4.65. The standard InChI is InChI=1S/C16H24N4/c1-4-11-17-16(13(3)5-2)15-12-18-20(19-15)14-9-7-6-8-10-14/h6-10,12-13,16-17H,4-5,11H2,1-3H3. The lowest BCUT2D eigenvalue weighted by Crippen LogP contribution is -2.28. The summed E-state index contributed by atoms with van der Waals surface area (Å²) >= 11 is 0. The maximum Gasteiger partial charge on any atom is 0.100 e. The van der Waals surface area contributed by atoms with E-state index in [0.717, 1.165) is 30.8 Å². The molecule has 1 aromatic heterocycles. The number of hydrogen-bond acceptors (Lipinski definition) is 3. The Morgan fingerprint density at radius 1 is 1.20 bits per heavy atom. The molecule has 4 heteroatoms. The average molecular weight is 272 g/mol. The van der Waals surface area contributed by atoms with Gasteiger partial charge in [0.25, 0.3) is 0 Å². The van der Waals surface area contributed by atoms with E-state index in [0.29, 0.717) is 5.92 Å². The second-order valence-electron chi connectivity index (χ2n) is 5.21. The Morgan fingerprint density at radius 3 is 2.60 bits per heavy atom. The van der Waals surface area contributed by atoms with Gasteiger partial charge < -0.3 is 5.32 Å². The van der Waals surface area contributed by atoms with Crippen molar-refractivity contribution >= 4 is 0 Å². The molecule has 0 spiro atoms. The molecular weight excluding hydrogens is 248 g/mol. The molecule has 0 aliphatic carbocycles. The van der Waals surface area contributed by atoms with Gasteiger partial charge in [0.15, 0.2) is 0 Å². The van der Waals surface area contributed by atoms with E-state index in [-0.39, 0.29) is 6.04 Å². The molecule has 1 heterocycles. The molecule has 0 fully saturated rings. The Morgan fingerprint density at radius 2 is 1.95 bits per heavy atom. The second-order valence-corrected chi connectivity index (χ2v) is 5.21. The van der Waals surface area contributed by atoms with Crippen molar-refractivity contribution in [1.82, 2.24) is 20.3 Å². The highest BCUT2D eigenvalue weighted by Gasteiger charge is 2.20. The van der Waals surface area contributed by atoms with E-state index in [1.807, 2.05) is 36.5 Å². The minimum Gasteiger partial charge on any atom is -0.308 e. The van der Waals surface area contributed by atoms with Crippen molar-refractivity contribution in [2.45, 2.75) is 39.7 Å². The van der Waals surface area contributed by atoms with Gasteiger partial charge in [0.05, 0.1) is 17.9 Å². The van der Waals surface area contributed by atoms with Gasteiger partial charge in [-0.25, -0.2) is 0 Å². The van der Waals surface area contributed by atoms with E-state index in [9.17, 15) is 0 Å². The lowest BCUT2D eigenvalue weighted by molar-refractivity contribution is 0.368. The fourth-order valence-electron chi connectivity index (χ4n) is 2.24. The summed E-state index contributed by atoms with van der Waals surface area (Å²) in [6.45, 7) is 7.66. The van der Waals surface area contributed by atoms with Gasteiger partial charge in [-0.2, -0.15) is 15.0 Å². The third-order valence-corrected chi connectivity index (χ3v) is 3.64. The summed E-state index contributed by atoms with van der Waals surface area (Å²) in [5.41, 5.74) is 2.02. The maximum atomic E-state index is 4.65. The van der Waals surface area contributed by atoms with Gasteiger partial charge in [-0.1, -0.05) is 45.4 Å². The van der Waals surface area contributed by atoms with Crippen LogP contribution in [0.15, 0.2) is 36.5 Å². The summed E-state index contributed by atoms with van der Waals surface area (Å²) in [7, 11) is 0. The molecule has 0 aliphatic heterocycles. The average Bonchev–Trinajstić information content (AvgIpc) is 2.98. The van der Waals surface area contributed by atoms with E-state index in [1.165, 1.54) is 0 Å². The topological polar surface area (TPSA) is 42.7 Å². The zero-order valence-electron chi connectivity index (χ0n) is 12.6. The number of hydrogen-bond donors (Lipinski definition) is 1. The summed E-state index contributed by atoms with van der Waals surface area (Å²) < 4.78 is 0. The SMILES string of the molecule is CCCNC(c1cnn(-c2ccccc2)n1)C(C)CC. The molecule has 20 heavy (non-hydrogen) atoms. The zero-order valence-corrected chi connectivity index (χ0v) is 12.6. The van der Waals surface area contributed by atoms with Crippen LogP contribution in [0, 0.1) is 5.92 Å². The highest BCUT2D eigenvalue weighted by Crippen LogP contribution is 2.22. The van der Waals surface area contributed by atoms with Crippen LogP contribution in [0.1, 0.15) is 45.3 Å². The third-order valence-electron chi connectivity index (χ3n) is 3.64. The fourth-order valence-corrected chi connectivity index (χ4v) is 2.24. The summed E-state index contributed by atoms with van der Waals surface area (Å²) in [4.78, 5) is 1.71. The van der Waals surface area contributed by atoms with Crippen molar-refractivity contribution < 1.29 is 0 Å². The third kappa shape index (κ3) is 3.45. The molecular formula is C16H24N4. The number of rotatable bonds is 7. The first-order chi connectivity index (χ1) is 9.76. The summed E-state index contributed by atoms with van der Waals surface area (Å²) in [5.74, 6) is 0.544. The van der Waals surface area contributed by atoms with Crippen LogP contribution in [-0.2, 0) is 0 Å². The van der Waals surface area contributed by atoms with E-state index in [2.05, 4.69) is 36.3 Å². The van der Waals surface area contributed by atoms with Gasteiger partial charge >= 0.3 is 0 Å². The minimum atomic E-state index is 0.275. The fraction of sp³-hybridized carbons (Fsp3) is 0.500. The Bertz CT molecular complexity index is 506. The van der Waals surface area contributed by atoms with Gasteiger partial charge in [0.1, 0.15) is 5.69 Å². The molecule has 2 aromatic rings. The van der Waals surface area contributed by atoms with Crippen LogP contribution in [0.25, 0.3) is 5.69 Å². The molecule has 2 unspecified atom stereocenters. The highest BCUT2D eigenvalue weighted by atomic mass is 15.5. The summed E-state index contributed by atoms with van der Waals surface area (Å²) in [5, 5.41) is 12.6. The number of nitrogens with zero attached hydrogens (tertiary/aromatic N) is 3. The monoisotopic (exact) mass is 272 g/mol. The zero-order chi connectivity index (χ0) is 14.4. The molecule has 0 radical (unpaired) electrons. The van der Waals surface area contributed by atoms with Crippen LogP contribution < -0.4 is 5.32 Å². The van der Waals surface area contributed by atoms with E-state index in [1.54, 1.807) is 4.80 Å². The molecule has 0 saturated carbocycles. The first-order valence-electron chi connectivity index (χ1n) is 7.47. The first-order valence-corrected chi connectivity index (χ1v) is 7.47. The Labute approximate surface area is 121 Å². The Kier molecular flexibility index (Phi) is 5.30. The van der Waals surface area contributed by atoms with Gasteiger partial charge in [-0.05, 0) is 31.0 Å².